The largest absolute Gasteiger partial charge is 0.338 e. The van der Waals surface area contributed by atoms with Crippen LogP contribution in [0.25, 0.3) is 0 Å². The monoisotopic (exact) mass is 264 g/mol. The predicted molar refractivity (Wildman–Crippen MR) is 71.9 cm³/mol. The smallest absolute Gasteiger partial charge is 0.253 e. The van der Waals surface area contributed by atoms with Crippen LogP contribution in [0.5, 0.6) is 0 Å². The third-order valence-corrected chi connectivity index (χ3v) is 4.18. The van der Waals surface area contributed by atoms with Crippen LogP contribution in [-0.4, -0.2) is 37.0 Å². The molecule has 2 fully saturated rings. The molecule has 4 heteroatoms. The van der Waals surface area contributed by atoms with Gasteiger partial charge < -0.3 is 10.2 Å². The molecule has 2 heterocycles. The van der Waals surface area contributed by atoms with Gasteiger partial charge in [-0.1, -0.05) is 11.6 Å². The Bertz CT molecular complexity index is 456. The molecule has 0 aromatic heterocycles. The summed E-state index contributed by atoms with van der Waals surface area (Å²) in [5.41, 5.74) is 1.75. The molecule has 2 aliphatic rings. The van der Waals surface area contributed by atoms with Crippen LogP contribution in [0.15, 0.2) is 18.2 Å². The molecule has 2 aliphatic heterocycles. The minimum absolute atomic E-state index is 0.120. The lowest BCUT2D eigenvalue weighted by Gasteiger charge is -2.18. The second-order valence-electron chi connectivity index (χ2n) is 5.41. The number of fused-ring (bicyclic) bond motifs is 1. The predicted octanol–water partition coefficient (Wildman–Crippen LogP) is 1.94. The van der Waals surface area contributed by atoms with Crippen LogP contribution in [0.2, 0.25) is 5.02 Å². The van der Waals surface area contributed by atoms with E-state index >= 15 is 0 Å². The van der Waals surface area contributed by atoms with Crippen molar-refractivity contribution in [3.63, 3.8) is 0 Å². The molecule has 1 amide bonds. The molecule has 3 rings (SSSR count). The molecule has 96 valence electrons. The van der Waals surface area contributed by atoms with E-state index in [2.05, 4.69) is 5.32 Å². The van der Waals surface area contributed by atoms with Crippen LogP contribution in [0.1, 0.15) is 15.9 Å². The number of hydrogen-bond donors (Lipinski definition) is 1. The van der Waals surface area contributed by atoms with Crippen molar-refractivity contribution in [1.82, 2.24) is 10.2 Å². The number of nitrogens with one attached hydrogen (secondary N) is 1. The van der Waals surface area contributed by atoms with Crippen LogP contribution in [0, 0.1) is 18.8 Å². The summed E-state index contributed by atoms with van der Waals surface area (Å²) >= 11 is 6.02. The maximum atomic E-state index is 12.4. The first-order chi connectivity index (χ1) is 8.63. The highest BCUT2D eigenvalue weighted by Crippen LogP contribution is 2.28. The second kappa shape index (κ2) is 4.56. The van der Waals surface area contributed by atoms with Gasteiger partial charge in [-0.25, -0.2) is 0 Å². The third kappa shape index (κ3) is 2.13. The lowest BCUT2D eigenvalue weighted by Crippen LogP contribution is -2.31. The number of carbonyl (C=O) groups is 1. The van der Waals surface area contributed by atoms with Crippen LogP contribution in [-0.2, 0) is 0 Å². The van der Waals surface area contributed by atoms with Gasteiger partial charge in [0.2, 0.25) is 0 Å². The van der Waals surface area contributed by atoms with Crippen LogP contribution in [0.3, 0.4) is 0 Å². The minimum atomic E-state index is 0.120. The number of hydrogen-bond acceptors (Lipinski definition) is 2. The number of nitrogens with zero attached hydrogens (tertiary/aromatic N) is 1. The SMILES string of the molecule is Cc1cc(Cl)cc(C(=O)N2CC3CNCC3C2)c1. The zero-order chi connectivity index (χ0) is 12.7. The number of likely N-dealkylation sites (tertiary alicyclic amines) is 1. The van der Waals surface area contributed by atoms with Gasteiger partial charge in [-0.3, -0.25) is 4.79 Å². The van der Waals surface area contributed by atoms with E-state index in [9.17, 15) is 4.79 Å². The van der Waals surface area contributed by atoms with Gasteiger partial charge in [-0.05, 0) is 42.5 Å². The summed E-state index contributed by atoms with van der Waals surface area (Å²) in [6.45, 7) is 5.81. The maximum absolute atomic E-state index is 12.4. The van der Waals surface area contributed by atoms with Crippen LogP contribution < -0.4 is 5.32 Å². The third-order valence-electron chi connectivity index (χ3n) is 3.97. The van der Waals surface area contributed by atoms with Crippen molar-refractivity contribution >= 4 is 17.5 Å². The Morgan fingerprint density at radius 3 is 2.56 bits per heavy atom. The van der Waals surface area contributed by atoms with Gasteiger partial charge in [0.05, 0.1) is 0 Å². The standard InChI is InChI=1S/C14H17ClN2O/c1-9-2-10(4-13(15)3-9)14(18)17-7-11-5-16-6-12(11)8-17/h2-4,11-12,16H,5-8H2,1H3. The Morgan fingerprint density at radius 2 is 1.94 bits per heavy atom. The van der Waals surface area contributed by atoms with E-state index in [1.807, 2.05) is 24.0 Å². The minimum Gasteiger partial charge on any atom is -0.338 e. The molecular formula is C14H17ClN2O. The van der Waals surface area contributed by atoms with E-state index in [4.69, 9.17) is 11.6 Å². The van der Waals surface area contributed by atoms with Gasteiger partial charge in [0.1, 0.15) is 0 Å². The van der Waals surface area contributed by atoms with Gasteiger partial charge >= 0.3 is 0 Å². The molecule has 2 unspecified atom stereocenters. The van der Waals surface area contributed by atoms with Crippen molar-refractivity contribution in [2.24, 2.45) is 11.8 Å². The van der Waals surface area contributed by atoms with E-state index < -0.39 is 0 Å². The van der Waals surface area contributed by atoms with Gasteiger partial charge in [-0.15, -0.1) is 0 Å². The number of aryl methyl sites for hydroxylation is 1. The van der Waals surface area contributed by atoms with Gasteiger partial charge in [0.25, 0.3) is 5.91 Å². The zero-order valence-electron chi connectivity index (χ0n) is 10.4. The van der Waals surface area contributed by atoms with Crippen LogP contribution in [0.4, 0.5) is 0 Å². The summed E-state index contributed by atoms with van der Waals surface area (Å²) in [6, 6.07) is 5.56. The molecule has 0 bridgehead atoms. The Hall–Kier alpha value is -1.06. The van der Waals surface area contributed by atoms with Crippen molar-refractivity contribution in [2.75, 3.05) is 26.2 Å². The highest BCUT2D eigenvalue weighted by molar-refractivity contribution is 6.31. The molecule has 18 heavy (non-hydrogen) atoms. The quantitative estimate of drug-likeness (QED) is 0.841. The Labute approximate surface area is 112 Å². The summed E-state index contributed by atoms with van der Waals surface area (Å²) in [6.07, 6.45) is 0. The van der Waals surface area contributed by atoms with Crippen molar-refractivity contribution in [2.45, 2.75) is 6.92 Å². The maximum Gasteiger partial charge on any atom is 0.253 e. The molecule has 0 spiro atoms. The zero-order valence-corrected chi connectivity index (χ0v) is 11.2. The Morgan fingerprint density at radius 1 is 1.28 bits per heavy atom. The number of amides is 1. The average molecular weight is 265 g/mol. The first-order valence-corrected chi connectivity index (χ1v) is 6.78. The fraction of sp³-hybridized carbons (Fsp3) is 0.500. The van der Waals surface area contributed by atoms with E-state index in [1.54, 1.807) is 6.07 Å². The van der Waals surface area contributed by atoms with Crippen LogP contribution >= 0.6 is 11.6 Å². The average Bonchev–Trinajstić information content (AvgIpc) is 2.86. The normalized spacial score (nSPS) is 26.4. The van der Waals surface area contributed by atoms with Gasteiger partial charge in [0.15, 0.2) is 0 Å². The topological polar surface area (TPSA) is 32.3 Å². The molecular weight excluding hydrogens is 248 g/mol. The van der Waals surface area contributed by atoms with Gasteiger partial charge in [0, 0.05) is 36.8 Å². The number of rotatable bonds is 1. The second-order valence-corrected chi connectivity index (χ2v) is 5.84. The number of benzene rings is 1. The summed E-state index contributed by atoms with van der Waals surface area (Å²) < 4.78 is 0. The molecule has 3 nitrogen and oxygen atoms in total. The van der Waals surface area contributed by atoms with E-state index in [1.165, 1.54) is 0 Å². The summed E-state index contributed by atoms with van der Waals surface area (Å²) in [5, 5.41) is 4.02. The highest BCUT2D eigenvalue weighted by atomic mass is 35.5. The Kier molecular flexibility index (Phi) is 3.04. The molecule has 0 aliphatic carbocycles. The molecule has 1 aromatic rings. The Balaban J connectivity index is 1.78. The van der Waals surface area contributed by atoms with E-state index in [0.29, 0.717) is 22.4 Å². The molecule has 2 saturated heterocycles. The number of halogens is 1. The summed E-state index contributed by atoms with van der Waals surface area (Å²) in [5.74, 6) is 1.39. The van der Waals surface area contributed by atoms with E-state index in [0.717, 1.165) is 31.7 Å². The lowest BCUT2D eigenvalue weighted by molar-refractivity contribution is 0.0781. The molecule has 1 N–H and O–H groups in total. The fourth-order valence-corrected chi connectivity index (χ4v) is 3.35. The first-order valence-electron chi connectivity index (χ1n) is 6.40. The first kappa shape index (κ1) is 12.0. The van der Waals surface area contributed by atoms with Crippen molar-refractivity contribution in [3.8, 4) is 0 Å². The molecule has 0 saturated carbocycles. The molecule has 2 atom stereocenters. The van der Waals surface area contributed by atoms with Crippen molar-refractivity contribution < 1.29 is 4.79 Å². The van der Waals surface area contributed by atoms with Crippen molar-refractivity contribution in [3.05, 3.63) is 34.3 Å². The number of carbonyl (C=O) groups excluding carboxylic acids is 1. The molecule has 0 radical (unpaired) electrons. The summed E-state index contributed by atoms with van der Waals surface area (Å²) in [4.78, 5) is 14.4. The molecule has 1 aromatic carbocycles. The van der Waals surface area contributed by atoms with E-state index in [-0.39, 0.29) is 5.91 Å². The summed E-state index contributed by atoms with van der Waals surface area (Å²) in [7, 11) is 0. The van der Waals surface area contributed by atoms with Gasteiger partial charge in [-0.2, -0.15) is 0 Å². The fourth-order valence-electron chi connectivity index (χ4n) is 3.06. The highest BCUT2D eigenvalue weighted by Gasteiger charge is 2.38. The lowest BCUT2D eigenvalue weighted by atomic mass is 10.0. The van der Waals surface area contributed by atoms with Crippen molar-refractivity contribution in [1.29, 1.82) is 0 Å².